The zero-order valence-electron chi connectivity index (χ0n) is 16.5. The minimum Gasteiger partial charge on any atom is -0.465 e. The van der Waals surface area contributed by atoms with Crippen molar-refractivity contribution in [3.8, 4) is 0 Å². The van der Waals surface area contributed by atoms with Crippen LogP contribution in [0.2, 0.25) is 0 Å². The number of hydrazone groups is 1. The summed E-state index contributed by atoms with van der Waals surface area (Å²) in [6.45, 7) is 3.63. The Balaban J connectivity index is 1.45. The minimum absolute atomic E-state index is 0.157. The number of carbonyl (C=O) groups excluding carboxylic acids is 1. The van der Waals surface area contributed by atoms with Gasteiger partial charge in [-0.3, -0.25) is 9.69 Å². The highest BCUT2D eigenvalue weighted by molar-refractivity contribution is 9.10. The van der Waals surface area contributed by atoms with Crippen LogP contribution in [-0.4, -0.2) is 62.5 Å². The number of nitrogens with zero attached hydrogens (tertiary/aromatic N) is 3. The van der Waals surface area contributed by atoms with E-state index in [4.69, 9.17) is 4.42 Å². The normalized spacial score (nSPS) is 16.8. The second kappa shape index (κ2) is 10.2. The monoisotopic (exact) mass is 494 g/mol. The van der Waals surface area contributed by atoms with Crippen LogP contribution in [0.25, 0.3) is 6.08 Å². The van der Waals surface area contributed by atoms with Crippen LogP contribution in [0, 0.1) is 0 Å². The number of halogens is 1. The first kappa shape index (κ1) is 22.4. The number of allylic oxidation sites excluding steroid dienone is 1. The fourth-order valence-electron chi connectivity index (χ4n) is 2.96. The minimum atomic E-state index is -3.53. The standard InChI is InChI=1S/C20H23BrN4O4S/c1-16(13-18-3-2-12-29-18)14-22-23-20(26)15-24-8-10-25(11-9-24)30(27,28)19-6-4-17(21)5-7-19/h2-7,12-14H,8-11,15H2,1H3,(H,23,26)/b16-13+,22-14?. The van der Waals surface area contributed by atoms with E-state index in [0.29, 0.717) is 31.9 Å². The molecule has 3 rings (SSSR count). The first-order valence-corrected chi connectivity index (χ1v) is 11.6. The number of amides is 1. The zero-order chi connectivity index (χ0) is 21.6. The molecule has 1 aromatic heterocycles. The summed E-state index contributed by atoms with van der Waals surface area (Å²) in [5.74, 6) is 0.461. The summed E-state index contributed by atoms with van der Waals surface area (Å²) in [5.41, 5.74) is 3.32. The van der Waals surface area contributed by atoms with Gasteiger partial charge in [0.1, 0.15) is 5.76 Å². The SMILES string of the molecule is C/C(C=NNC(=O)CN1CCN(S(=O)(=O)c2ccc(Br)cc2)CC1)=C\c1ccco1. The van der Waals surface area contributed by atoms with Crippen LogP contribution >= 0.6 is 15.9 Å². The molecule has 0 unspecified atom stereocenters. The lowest BCUT2D eigenvalue weighted by molar-refractivity contribution is -0.122. The Bertz CT molecular complexity index is 1010. The molecule has 1 aromatic carbocycles. The number of hydrogen-bond acceptors (Lipinski definition) is 6. The maximum atomic E-state index is 12.7. The van der Waals surface area contributed by atoms with Gasteiger partial charge in [-0.25, -0.2) is 13.8 Å². The van der Waals surface area contributed by atoms with E-state index in [2.05, 4.69) is 26.5 Å². The molecule has 1 N–H and O–H groups in total. The molecule has 2 aromatic rings. The predicted molar refractivity (Wildman–Crippen MR) is 118 cm³/mol. The van der Waals surface area contributed by atoms with Crippen LogP contribution in [0.1, 0.15) is 12.7 Å². The third kappa shape index (κ3) is 6.11. The molecule has 1 fully saturated rings. The van der Waals surface area contributed by atoms with Gasteiger partial charge in [-0.1, -0.05) is 15.9 Å². The Morgan fingerprint density at radius 1 is 1.20 bits per heavy atom. The van der Waals surface area contributed by atoms with E-state index in [9.17, 15) is 13.2 Å². The van der Waals surface area contributed by atoms with Gasteiger partial charge in [0, 0.05) is 30.7 Å². The number of benzene rings is 1. The van der Waals surface area contributed by atoms with Gasteiger partial charge in [0.05, 0.1) is 23.9 Å². The van der Waals surface area contributed by atoms with Gasteiger partial charge in [-0.2, -0.15) is 9.41 Å². The molecule has 0 spiro atoms. The van der Waals surface area contributed by atoms with Crippen molar-refractivity contribution in [2.24, 2.45) is 5.10 Å². The summed E-state index contributed by atoms with van der Waals surface area (Å²) in [4.78, 5) is 14.3. The molecule has 0 aliphatic carbocycles. The van der Waals surface area contributed by atoms with E-state index in [-0.39, 0.29) is 17.3 Å². The molecule has 8 nitrogen and oxygen atoms in total. The Labute approximate surface area is 184 Å². The largest absolute Gasteiger partial charge is 0.465 e. The first-order chi connectivity index (χ1) is 14.3. The zero-order valence-corrected chi connectivity index (χ0v) is 18.9. The summed E-state index contributed by atoms with van der Waals surface area (Å²) < 4.78 is 32.9. The third-order valence-corrected chi connectivity index (χ3v) is 6.96. The maximum Gasteiger partial charge on any atom is 0.254 e. The van der Waals surface area contributed by atoms with Crippen LogP contribution in [0.3, 0.4) is 0 Å². The molecule has 1 aliphatic rings. The second-order valence-corrected chi connectivity index (χ2v) is 9.68. The molecular weight excluding hydrogens is 472 g/mol. The second-order valence-electron chi connectivity index (χ2n) is 6.83. The Kier molecular flexibility index (Phi) is 7.59. The van der Waals surface area contributed by atoms with Gasteiger partial charge in [-0.15, -0.1) is 0 Å². The summed E-state index contributed by atoms with van der Waals surface area (Å²) in [6.07, 6.45) is 4.94. The van der Waals surface area contributed by atoms with Crippen molar-refractivity contribution in [3.63, 3.8) is 0 Å². The smallest absolute Gasteiger partial charge is 0.254 e. The lowest BCUT2D eigenvalue weighted by Crippen LogP contribution is -2.50. The van der Waals surface area contributed by atoms with Crippen molar-refractivity contribution in [2.45, 2.75) is 11.8 Å². The number of hydrogen-bond donors (Lipinski definition) is 1. The van der Waals surface area contributed by atoms with Crippen LogP contribution in [0.5, 0.6) is 0 Å². The van der Waals surface area contributed by atoms with E-state index in [1.807, 2.05) is 17.9 Å². The van der Waals surface area contributed by atoms with Crippen molar-refractivity contribution in [1.82, 2.24) is 14.6 Å². The summed E-state index contributed by atoms with van der Waals surface area (Å²) >= 11 is 3.31. The molecule has 0 bridgehead atoms. The highest BCUT2D eigenvalue weighted by Crippen LogP contribution is 2.20. The summed E-state index contributed by atoms with van der Waals surface area (Å²) in [6, 6.07) is 10.2. The van der Waals surface area contributed by atoms with Gasteiger partial charge in [0.2, 0.25) is 10.0 Å². The topological polar surface area (TPSA) is 95.2 Å². The molecular formula is C20H23BrN4O4S. The Morgan fingerprint density at radius 2 is 1.90 bits per heavy atom. The predicted octanol–water partition coefficient (Wildman–Crippen LogP) is 2.55. The number of furan rings is 1. The number of piperazine rings is 1. The number of nitrogens with one attached hydrogen (secondary N) is 1. The molecule has 0 radical (unpaired) electrons. The Hall–Kier alpha value is -2.27. The maximum absolute atomic E-state index is 12.7. The quantitative estimate of drug-likeness (QED) is 0.471. The van der Waals surface area contributed by atoms with Gasteiger partial charge in [0.25, 0.3) is 5.91 Å². The van der Waals surface area contributed by atoms with Crippen LogP contribution in [0.4, 0.5) is 0 Å². The molecule has 30 heavy (non-hydrogen) atoms. The molecule has 1 amide bonds. The van der Waals surface area contributed by atoms with E-state index < -0.39 is 10.0 Å². The van der Waals surface area contributed by atoms with Crippen molar-refractivity contribution >= 4 is 44.2 Å². The summed E-state index contributed by atoms with van der Waals surface area (Å²) in [7, 11) is -3.53. The van der Waals surface area contributed by atoms with Crippen LogP contribution in [0.15, 0.2) is 67.1 Å². The van der Waals surface area contributed by atoms with E-state index in [1.54, 1.807) is 48.9 Å². The molecule has 0 saturated carbocycles. The average Bonchev–Trinajstić information content (AvgIpc) is 3.21. The van der Waals surface area contributed by atoms with Crippen molar-refractivity contribution in [3.05, 3.63) is 58.5 Å². The number of rotatable bonds is 7. The average molecular weight is 495 g/mol. The first-order valence-electron chi connectivity index (χ1n) is 9.36. The van der Waals surface area contributed by atoms with Gasteiger partial charge in [-0.05, 0) is 55.0 Å². The van der Waals surface area contributed by atoms with Crippen molar-refractivity contribution in [2.75, 3.05) is 32.7 Å². The Morgan fingerprint density at radius 3 is 2.53 bits per heavy atom. The molecule has 160 valence electrons. The fraction of sp³-hybridized carbons (Fsp3) is 0.300. The van der Waals surface area contributed by atoms with Crippen LogP contribution < -0.4 is 5.43 Å². The fourth-order valence-corrected chi connectivity index (χ4v) is 4.65. The molecule has 10 heteroatoms. The van der Waals surface area contributed by atoms with Crippen molar-refractivity contribution in [1.29, 1.82) is 0 Å². The van der Waals surface area contributed by atoms with Crippen LogP contribution in [-0.2, 0) is 14.8 Å². The van der Waals surface area contributed by atoms with E-state index in [1.165, 1.54) is 4.31 Å². The molecule has 0 atom stereocenters. The third-order valence-electron chi connectivity index (χ3n) is 4.52. The lowest BCUT2D eigenvalue weighted by atomic mass is 10.3. The molecule has 1 saturated heterocycles. The van der Waals surface area contributed by atoms with E-state index in [0.717, 1.165) is 10.0 Å². The highest BCUT2D eigenvalue weighted by Gasteiger charge is 2.28. The number of carbonyl (C=O) groups is 1. The van der Waals surface area contributed by atoms with E-state index >= 15 is 0 Å². The summed E-state index contributed by atoms with van der Waals surface area (Å²) in [5, 5.41) is 3.95. The van der Waals surface area contributed by atoms with Crippen molar-refractivity contribution < 1.29 is 17.6 Å². The number of sulfonamides is 1. The highest BCUT2D eigenvalue weighted by atomic mass is 79.9. The molecule has 1 aliphatic heterocycles. The van der Waals surface area contributed by atoms with Gasteiger partial charge < -0.3 is 4.42 Å². The van der Waals surface area contributed by atoms with Gasteiger partial charge >= 0.3 is 0 Å². The van der Waals surface area contributed by atoms with Gasteiger partial charge in [0.15, 0.2) is 0 Å². The molecule has 2 heterocycles. The lowest BCUT2D eigenvalue weighted by Gasteiger charge is -2.33.